The zero-order valence-electron chi connectivity index (χ0n) is 14.0. The van der Waals surface area contributed by atoms with Crippen molar-refractivity contribution in [1.29, 1.82) is 0 Å². The van der Waals surface area contributed by atoms with E-state index in [9.17, 15) is 19.5 Å². The average molecular weight is 381 g/mol. The molecule has 0 unspecified atom stereocenters. The molecule has 1 aromatic heterocycles. The third-order valence-electron chi connectivity index (χ3n) is 3.70. The lowest BCUT2D eigenvalue weighted by molar-refractivity contribution is -0.115. The number of amides is 2. The first kappa shape index (κ1) is 18.3. The van der Waals surface area contributed by atoms with E-state index < -0.39 is 17.8 Å². The first-order valence-corrected chi connectivity index (χ1v) is 8.83. The van der Waals surface area contributed by atoms with E-state index in [1.165, 1.54) is 17.4 Å². The van der Waals surface area contributed by atoms with Crippen LogP contribution >= 0.6 is 11.3 Å². The molecule has 0 fully saturated rings. The molecule has 3 rings (SSSR count). The Kier molecular flexibility index (Phi) is 5.58. The van der Waals surface area contributed by atoms with Gasteiger partial charge in [-0.25, -0.2) is 9.78 Å². The summed E-state index contributed by atoms with van der Waals surface area (Å²) in [5.74, 6) is -1.91. The predicted octanol–water partition coefficient (Wildman–Crippen LogP) is 3.27. The summed E-state index contributed by atoms with van der Waals surface area (Å²) in [6, 6.07) is 12.9. The lowest BCUT2D eigenvalue weighted by Crippen LogP contribution is -2.20. The number of nitrogens with one attached hydrogen (secondary N) is 2. The van der Waals surface area contributed by atoms with E-state index in [0.717, 1.165) is 0 Å². The second-order valence-electron chi connectivity index (χ2n) is 5.52. The van der Waals surface area contributed by atoms with Crippen LogP contribution in [0.4, 0.5) is 10.8 Å². The van der Waals surface area contributed by atoms with Crippen LogP contribution in [0.3, 0.4) is 0 Å². The van der Waals surface area contributed by atoms with Crippen molar-refractivity contribution in [2.24, 2.45) is 0 Å². The zero-order valence-corrected chi connectivity index (χ0v) is 14.8. The minimum absolute atomic E-state index is 0.0717. The highest BCUT2D eigenvalue weighted by Crippen LogP contribution is 2.19. The van der Waals surface area contributed by atoms with Crippen LogP contribution in [0.5, 0.6) is 0 Å². The first-order chi connectivity index (χ1) is 13.0. The van der Waals surface area contributed by atoms with Crippen molar-refractivity contribution in [1.82, 2.24) is 4.98 Å². The third kappa shape index (κ3) is 4.56. The highest BCUT2D eigenvalue weighted by Gasteiger charge is 2.16. The smallest absolute Gasteiger partial charge is 0.335 e. The van der Waals surface area contributed by atoms with E-state index >= 15 is 0 Å². The van der Waals surface area contributed by atoms with Crippen LogP contribution in [-0.2, 0) is 11.2 Å². The molecule has 7 nitrogen and oxygen atoms in total. The molecular weight excluding hydrogens is 366 g/mol. The summed E-state index contributed by atoms with van der Waals surface area (Å²) in [6.07, 6.45) is 1.46. The molecule has 0 aliphatic heterocycles. The summed E-state index contributed by atoms with van der Waals surface area (Å²) in [4.78, 5) is 40.1. The van der Waals surface area contributed by atoms with Crippen LogP contribution < -0.4 is 10.6 Å². The minimum Gasteiger partial charge on any atom is -0.478 e. The van der Waals surface area contributed by atoms with Crippen LogP contribution in [0.1, 0.15) is 26.3 Å². The number of para-hydroxylation sites is 1. The number of carbonyl (C=O) groups is 3. The number of anilines is 2. The van der Waals surface area contributed by atoms with Gasteiger partial charge in [0.15, 0.2) is 5.13 Å². The van der Waals surface area contributed by atoms with Crippen LogP contribution in [0, 0.1) is 0 Å². The number of carbonyl (C=O) groups excluding carboxylic acids is 2. The molecule has 0 radical (unpaired) electrons. The Morgan fingerprint density at radius 2 is 1.67 bits per heavy atom. The summed E-state index contributed by atoms with van der Waals surface area (Å²) in [5, 5.41) is 16.8. The standard InChI is InChI=1S/C19H15N3O4S/c23-16(11-12-5-1-2-6-13(12)18(25)26)21-15-8-4-3-7-14(15)17(24)22-19-20-9-10-27-19/h1-10H,11H2,(H,21,23)(H,25,26)(H,20,22,24). The van der Waals surface area contributed by atoms with Crippen molar-refractivity contribution in [2.45, 2.75) is 6.42 Å². The number of rotatable bonds is 6. The van der Waals surface area contributed by atoms with Gasteiger partial charge in [0.05, 0.1) is 23.2 Å². The number of aromatic nitrogens is 1. The molecule has 0 saturated heterocycles. The van der Waals surface area contributed by atoms with Crippen molar-refractivity contribution in [3.8, 4) is 0 Å². The van der Waals surface area contributed by atoms with E-state index in [4.69, 9.17) is 0 Å². The topological polar surface area (TPSA) is 108 Å². The lowest BCUT2D eigenvalue weighted by Gasteiger charge is -2.11. The number of aromatic carboxylic acids is 1. The molecule has 1 heterocycles. The molecule has 0 atom stereocenters. The van der Waals surface area contributed by atoms with E-state index in [-0.39, 0.29) is 17.5 Å². The zero-order chi connectivity index (χ0) is 19.2. The fourth-order valence-corrected chi connectivity index (χ4v) is 3.01. The van der Waals surface area contributed by atoms with Crippen molar-refractivity contribution < 1.29 is 19.5 Å². The van der Waals surface area contributed by atoms with Gasteiger partial charge in [0, 0.05) is 11.6 Å². The van der Waals surface area contributed by atoms with Crippen LogP contribution in [0.25, 0.3) is 0 Å². The van der Waals surface area contributed by atoms with Crippen LogP contribution in [-0.4, -0.2) is 27.9 Å². The molecule has 2 aromatic carbocycles. The number of benzene rings is 2. The molecule has 0 aliphatic carbocycles. The van der Waals surface area contributed by atoms with Crippen LogP contribution in [0.15, 0.2) is 60.1 Å². The van der Waals surface area contributed by atoms with E-state index in [2.05, 4.69) is 15.6 Å². The SMILES string of the molecule is O=C(Cc1ccccc1C(=O)O)Nc1ccccc1C(=O)Nc1nccs1. The van der Waals surface area contributed by atoms with E-state index in [1.807, 2.05) is 0 Å². The van der Waals surface area contributed by atoms with Gasteiger partial charge in [-0.2, -0.15) is 0 Å². The first-order valence-electron chi connectivity index (χ1n) is 7.95. The summed E-state index contributed by atoms with van der Waals surface area (Å²) in [5.41, 5.74) is 1.09. The van der Waals surface area contributed by atoms with Gasteiger partial charge in [-0.1, -0.05) is 30.3 Å². The maximum absolute atomic E-state index is 12.4. The molecule has 3 aromatic rings. The molecule has 27 heavy (non-hydrogen) atoms. The monoisotopic (exact) mass is 381 g/mol. The van der Waals surface area contributed by atoms with E-state index in [0.29, 0.717) is 16.4 Å². The quantitative estimate of drug-likeness (QED) is 0.607. The lowest BCUT2D eigenvalue weighted by atomic mass is 10.0. The molecule has 3 N–H and O–H groups in total. The van der Waals surface area contributed by atoms with Gasteiger partial charge in [0.1, 0.15) is 0 Å². The second kappa shape index (κ2) is 8.24. The van der Waals surface area contributed by atoms with Gasteiger partial charge in [-0.15, -0.1) is 11.3 Å². The summed E-state index contributed by atoms with van der Waals surface area (Å²) in [6.45, 7) is 0. The molecule has 136 valence electrons. The van der Waals surface area contributed by atoms with Gasteiger partial charge in [0.2, 0.25) is 5.91 Å². The number of carboxylic acid groups (broad SMARTS) is 1. The largest absolute Gasteiger partial charge is 0.478 e. The van der Waals surface area contributed by atoms with Crippen molar-refractivity contribution in [3.63, 3.8) is 0 Å². The Morgan fingerprint density at radius 1 is 0.963 bits per heavy atom. The summed E-state index contributed by atoms with van der Waals surface area (Å²) < 4.78 is 0. The Labute approximate surface area is 158 Å². The Bertz CT molecular complexity index is 986. The van der Waals surface area contributed by atoms with Gasteiger partial charge in [0.25, 0.3) is 5.91 Å². The maximum Gasteiger partial charge on any atom is 0.335 e. The van der Waals surface area contributed by atoms with Crippen molar-refractivity contribution in [2.75, 3.05) is 10.6 Å². The Morgan fingerprint density at radius 3 is 2.37 bits per heavy atom. The highest BCUT2D eigenvalue weighted by molar-refractivity contribution is 7.13. The van der Waals surface area contributed by atoms with Gasteiger partial charge >= 0.3 is 5.97 Å². The summed E-state index contributed by atoms with van der Waals surface area (Å²) in [7, 11) is 0. The number of thiazole rings is 1. The predicted molar refractivity (Wildman–Crippen MR) is 102 cm³/mol. The number of hydrogen-bond donors (Lipinski definition) is 3. The molecular formula is C19H15N3O4S. The Balaban J connectivity index is 1.75. The second-order valence-corrected chi connectivity index (χ2v) is 6.42. The normalized spacial score (nSPS) is 10.2. The molecule has 0 bridgehead atoms. The molecule has 0 aliphatic rings. The average Bonchev–Trinajstić information content (AvgIpc) is 3.15. The van der Waals surface area contributed by atoms with Gasteiger partial charge in [-0.3, -0.25) is 14.9 Å². The van der Waals surface area contributed by atoms with Gasteiger partial charge < -0.3 is 10.4 Å². The van der Waals surface area contributed by atoms with Crippen molar-refractivity contribution in [3.05, 3.63) is 76.8 Å². The van der Waals surface area contributed by atoms with Crippen LogP contribution in [0.2, 0.25) is 0 Å². The minimum atomic E-state index is -1.10. The third-order valence-corrected chi connectivity index (χ3v) is 4.39. The number of nitrogens with zero attached hydrogens (tertiary/aromatic N) is 1. The molecule has 0 spiro atoms. The molecule has 8 heteroatoms. The van der Waals surface area contributed by atoms with Crippen molar-refractivity contribution >= 4 is 39.9 Å². The maximum atomic E-state index is 12.4. The number of carboxylic acids is 1. The number of hydrogen-bond acceptors (Lipinski definition) is 5. The highest BCUT2D eigenvalue weighted by atomic mass is 32.1. The Hall–Kier alpha value is -3.52. The fraction of sp³-hybridized carbons (Fsp3) is 0.0526. The molecule has 2 amide bonds. The fourth-order valence-electron chi connectivity index (χ4n) is 2.49. The summed E-state index contributed by atoms with van der Waals surface area (Å²) >= 11 is 1.29. The van der Waals surface area contributed by atoms with E-state index in [1.54, 1.807) is 54.0 Å². The molecule has 0 saturated carbocycles. The van der Waals surface area contributed by atoms with Gasteiger partial charge in [-0.05, 0) is 23.8 Å².